The van der Waals surface area contributed by atoms with Gasteiger partial charge in [-0.3, -0.25) is 4.79 Å². The van der Waals surface area contributed by atoms with E-state index in [0.717, 1.165) is 31.0 Å². The van der Waals surface area contributed by atoms with Crippen molar-refractivity contribution in [1.29, 1.82) is 0 Å². The minimum absolute atomic E-state index is 0.325. The third-order valence-electron chi connectivity index (χ3n) is 4.45. The van der Waals surface area contributed by atoms with E-state index in [2.05, 4.69) is 0 Å². The van der Waals surface area contributed by atoms with Gasteiger partial charge in [-0.25, -0.2) is 0 Å². The predicted molar refractivity (Wildman–Crippen MR) is 58.5 cm³/mol. The van der Waals surface area contributed by atoms with Crippen molar-refractivity contribution < 1.29 is 14.3 Å². The van der Waals surface area contributed by atoms with Crippen LogP contribution < -0.4 is 0 Å². The summed E-state index contributed by atoms with van der Waals surface area (Å²) >= 11 is 0. The van der Waals surface area contributed by atoms with Crippen molar-refractivity contribution >= 4 is 5.78 Å². The van der Waals surface area contributed by atoms with Crippen molar-refractivity contribution in [3.8, 4) is 0 Å². The molecule has 1 saturated carbocycles. The van der Waals surface area contributed by atoms with E-state index in [1.807, 2.05) is 13.8 Å². The zero-order valence-electron chi connectivity index (χ0n) is 9.91. The maximum atomic E-state index is 11.9. The van der Waals surface area contributed by atoms with Gasteiger partial charge in [0.05, 0.1) is 18.6 Å². The number of rotatable bonds is 2. The summed E-state index contributed by atoms with van der Waals surface area (Å²) in [6.07, 6.45) is 2.97. The van der Waals surface area contributed by atoms with Crippen molar-refractivity contribution in [2.24, 2.45) is 17.3 Å². The molecule has 2 aliphatic carbocycles. The van der Waals surface area contributed by atoms with Gasteiger partial charge in [-0.1, -0.05) is 0 Å². The molecule has 3 heteroatoms. The Bertz CT molecular complexity index is 371. The van der Waals surface area contributed by atoms with Gasteiger partial charge in [-0.05, 0) is 32.6 Å². The number of allylic oxidation sites excluding steroid dienone is 2. The fourth-order valence-corrected chi connectivity index (χ4v) is 3.49. The number of carbonyl (C=O) groups is 1. The van der Waals surface area contributed by atoms with Crippen LogP contribution in [0, 0.1) is 17.3 Å². The molecule has 0 aromatic heterocycles. The van der Waals surface area contributed by atoms with Crippen LogP contribution >= 0.6 is 0 Å². The molecule has 3 rings (SSSR count). The lowest BCUT2D eigenvalue weighted by atomic mass is 9.58. The summed E-state index contributed by atoms with van der Waals surface area (Å²) in [5.74, 6) is 3.05. The Kier molecular flexibility index (Phi) is 2.07. The predicted octanol–water partition coefficient (Wildman–Crippen LogP) is 2.27. The third kappa shape index (κ3) is 1.01. The molecule has 1 aliphatic heterocycles. The van der Waals surface area contributed by atoms with Gasteiger partial charge >= 0.3 is 0 Å². The zero-order valence-corrected chi connectivity index (χ0v) is 9.91. The fraction of sp³-hybridized carbons (Fsp3) is 0.769. The highest BCUT2D eigenvalue weighted by Gasteiger charge is 2.64. The molecule has 0 radical (unpaired) electrons. The van der Waals surface area contributed by atoms with E-state index in [9.17, 15) is 4.79 Å². The first-order chi connectivity index (χ1) is 7.69. The molecule has 3 nitrogen and oxygen atoms in total. The van der Waals surface area contributed by atoms with Crippen LogP contribution in [0.25, 0.3) is 0 Å². The van der Waals surface area contributed by atoms with Crippen LogP contribution in [0.2, 0.25) is 0 Å². The molecule has 0 aromatic rings. The Balaban J connectivity index is 2.02. The summed E-state index contributed by atoms with van der Waals surface area (Å²) in [7, 11) is 0. The minimum Gasteiger partial charge on any atom is -0.494 e. The van der Waals surface area contributed by atoms with Gasteiger partial charge in [-0.2, -0.15) is 0 Å². The summed E-state index contributed by atoms with van der Waals surface area (Å²) in [5.41, 5.74) is -0.361. The number of hydrogen-bond donors (Lipinski definition) is 0. The van der Waals surface area contributed by atoms with Crippen molar-refractivity contribution in [3.05, 3.63) is 11.5 Å². The quantitative estimate of drug-likeness (QED) is 0.719. The molecule has 0 N–H and O–H groups in total. The molecule has 1 heterocycles. The summed E-state index contributed by atoms with van der Waals surface area (Å²) in [6, 6.07) is 0. The lowest BCUT2D eigenvalue weighted by Crippen LogP contribution is -2.48. The van der Waals surface area contributed by atoms with Crippen molar-refractivity contribution in [3.63, 3.8) is 0 Å². The van der Waals surface area contributed by atoms with E-state index >= 15 is 0 Å². The Morgan fingerprint density at radius 2 is 2.38 bits per heavy atom. The molecule has 1 saturated heterocycles. The first-order valence-electron chi connectivity index (χ1n) is 6.23. The smallest absolute Gasteiger partial charge is 0.147 e. The normalized spacial score (nSPS) is 41.0. The average molecular weight is 222 g/mol. The van der Waals surface area contributed by atoms with Gasteiger partial charge < -0.3 is 9.47 Å². The maximum absolute atomic E-state index is 11.9. The van der Waals surface area contributed by atoms with Crippen molar-refractivity contribution in [2.75, 3.05) is 13.2 Å². The van der Waals surface area contributed by atoms with E-state index in [1.54, 1.807) is 0 Å². The number of ether oxygens (including phenoxy) is 2. The molecular weight excluding hydrogens is 204 g/mol. The van der Waals surface area contributed by atoms with Crippen LogP contribution in [0.1, 0.15) is 33.1 Å². The van der Waals surface area contributed by atoms with E-state index < -0.39 is 0 Å². The highest BCUT2D eigenvalue weighted by Crippen LogP contribution is 2.62. The van der Waals surface area contributed by atoms with Gasteiger partial charge in [0, 0.05) is 12.3 Å². The monoisotopic (exact) mass is 222 g/mol. The first-order valence-corrected chi connectivity index (χ1v) is 6.23. The van der Waals surface area contributed by atoms with Crippen molar-refractivity contribution in [1.82, 2.24) is 0 Å². The van der Waals surface area contributed by atoms with E-state index in [1.165, 1.54) is 0 Å². The number of hydrogen-bond acceptors (Lipinski definition) is 3. The summed E-state index contributed by atoms with van der Waals surface area (Å²) in [4.78, 5) is 11.9. The summed E-state index contributed by atoms with van der Waals surface area (Å²) in [5, 5.41) is 0. The fourth-order valence-electron chi connectivity index (χ4n) is 3.49. The molecule has 88 valence electrons. The second kappa shape index (κ2) is 3.25. The second-order valence-electron chi connectivity index (χ2n) is 5.16. The van der Waals surface area contributed by atoms with Gasteiger partial charge in [-0.15, -0.1) is 0 Å². The molecule has 0 aromatic carbocycles. The zero-order chi connectivity index (χ0) is 11.3. The Morgan fingerprint density at radius 3 is 3.06 bits per heavy atom. The van der Waals surface area contributed by atoms with Crippen LogP contribution in [-0.4, -0.2) is 19.0 Å². The Hall–Kier alpha value is -0.990. The van der Waals surface area contributed by atoms with Crippen LogP contribution in [0.4, 0.5) is 0 Å². The molecule has 16 heavy (non-hydrogen) atoms. The molecular formula is C13H18O3. The number of fused-ring (bicyclic) bond motifs is 3. The van der Waals surface area contributed by atoms with Crippen LogP contribution in [-0.2, 0) is 14.3 Å². The highest BCUT2D eigenvalue weighted by atomic mass is 16.5. The molecule has 2 fully saturated rings. The topological polar surface area (TPSA) is 35.5 Å². The molecule has 0 unspecified atom stereocenters. The first kappa shape index (κ1) is 10.2. The minimum atomic E-state index is -0.361. The SMILES string of the molecule is CCOC1=C2OCCC[C@H]2[C@H]2CC(=O)[C@@]12C. The van der Waals surface area contributed by atoms with Crippen LogP contribution in [0.15, 0.2) is 11.5 Å². The maximum Gasteiger partial charge on any atom is 0.147 e. The molecule has 3 atom stereocenters. The standard InChI is InChI=1S/C13H18O3/c1-3-15-12-11-8(5-4-6-16-11)9-7-10(14)13(9,12)2/h8-9H,3-7H2,1-2H3/t8-,9+,13-/m0/s1. The van der Waals surface area contributed by atoms with Crippen LogP contribution in [0.5, 0.6) is 0 Å². The average Bonchev–Trinajstić information content (AvgIpc) is 2.49. The number of Topliss-reactive ketones (excluding diaryl/α,β-unsaturated/α-hetero) is 1. The van der Waals surface area contributed by atoms with Gasteiger partial charge in [0.25, 0.3) is 0 Å². The number of carbonyl (C=O) groups excluding carboxylic acids is 1. The van der Waals surface area contributed by atoms with Gasteiger partial charge in [0.1, 0.15) is 17.3 Å². The lowest BCUT2D eigenvalue weighted by molar-refractivity contribution is -0.144. The Labute approximate surface area is 95.8 Å². The summed E-state index contributed by atoms with van der Waals surface area (Å²) in [6.45, 7) is 5.39. The van der Waals surface area contributed by atoms with Crippen molar-refractivity contribution in [2.45, 2.75) is 33.1 Å². The summed E-state index contributed by atoms with van der Waals surface area (Å²) < 4.78 is 11.5. The largest absolute Gasteiger partial charge is 0.494 e. The van der Waals surface area contributed by atoms with Gasteiger partial charge in [0.2, 0.25) is 0 Å². The highest BCUT2D eigenvalue weighted by molar-refractivity contribution is 5.95. The Morgan fingerprint density at radius 1 is 1.56 bits per heavy atom. The number of ketones is 1. The van der Waals surface area contributed by atoms with E-state index in [0.29, 0.717) is 30.6 Å². The molecule has 3 aliphatic rings. The van der Waals surface area contributed by atoms with E-state index in [-0.39, 0.29) is 5.41 Å². The lowest BCUT2D eigenvalue weighted by Gasteiger charge is -2.43. The van der Waals surface area contributed by atoms with Gasteiger partial charge in [0.15, 0.2) is 0 Å². The molecule has 0 bridgehead atoms. The van der Waals surface area contributed by atoms with Crippen LogP contribution in [0.3, 0.4) is 0 Å². The third-order valence-corrected chi connectivity index (χ3v) is 4.45. The molecule has 0 amide bonds. The van der Waals surface area contributed by atoms with E-state index in [4.69, 9.17) is 9.47 Å². The molecule has 0 spiro atoms. The second-order valence-corrected chi connectivity index (χ2v) is 5.16.